The molecule has 0 radical (unpaired) electrons. The second-order valence-electron chi connectivity index (χ2n) is 6.23. The molecule has 1 fully saturated rings. The first-order chi connectivity index (χ1) is 10.2. The molecule has 2 atom stereocenters. The average molecular weight is 283 g/mol. The lowest BCUT2D eigenvalue weighted by atomic mass is 9.91. The fraction of sp³-hybridized carbons (Fsp3) is 0.500. The number of pyridine rings is 1. The maximum atomic E-state index is 4.66. The van der Waals surface area contributed by atoms with Crippen LogP contribution in [-0.4, -0.2) is 31.2 Å². The van der Waals surface area contributed by atoms with Gasteiger partial charge in [0.25, 0.3) is 0 Å². The predicted molar refractivity (Wildman–Crippen MR) is 89.9 cm³/mol. The Labute approximate surface area is 127 Å². The molecular formula is C18H25N3. The van der Waals surface area contributed by atoms with Crippen LogP contribution in [0.2, 0.25) is 0 Å². The Morgan fingerprint density at radius 2 is 2.14 bits per heavy atom. The Bertz CT molecular complexity index is 623. The molecule has 1 aliphatic rings. The summed E-state index contributed by atoms with van der Waals surface area (Å²) in [7, 11) is 2.07. The highest BCUT2D eigenvalue weighted by atomic mass is 15.1. The van der Waals surface area contributed by atoms with Crippen molar-refractivity contribution in [2.24, 2.45) is 5.92 Å². The topological polar surface area (TPSA) is 28.2 Å². The van der Waals surface area contributed by atoms with Crippen molar-refractivity contribution in [3.63, 3.8) is 0 Å². The fourth-order valence-electron chi connectivity index (χ4n) is 3.42. The Morgan fingerprint density at radius 3 is 2.95 bits per heavy atom. The smallest absolute Gasteiger partial charge is 0.0726 e. The van der Waals surface area contributed by atoms with Gasteiger partial charge in [0.2, 0.25) is 0 Å². The van der Waals surface area contributed by atoms with Gasteiger partial charge in [0.1, 0.15) is 0 Å². The van der Waals surface area contributed by atoms with E-state index in [2.05, 4.69) is 66.4 Å². The highest BCUT2D eigenvalue weighted by Crippen LogP contribution is 2.31. The summed E-state index contributed by atoms with van der Waals surface area (Å²) in [6.45, 7) is 6.67. The van der Waals surface area contributed by atoms with Crippen LogP contribution in [0.5, 0.6) is 0 Å². The minimum Gasteiger partial charge on any atom is -0.371 e. The van der Waals surface area contributed by atoms with Crippen LogP contribution in [-0.2, 0) is 0 Å². The standard InChI is InChI=1S/C18H25N3/c1-13-11-18(16-8-4-5-9-17(16)20-13)21-10-6-7-15(12-21)14(2)19-3/h4-5,8-9,11,14-15,19H,6-7,10,12H2,1-3H3. The van der Waals surface area contributed by atoms with E-state index in [0.717, 1.165) is 30.2 Å². The van der Waals surface area contributed by atoms with E-state index in [0.29, 0.717) is 6.04 Å². The molecule has 112 valence electrons. The van der Waals surface area contributed by atoms with Crippen LogP contribution in [0.3, 0.4) is 0 Å². The van der Waals surface area contributed by atoms with Gasteiger partial charge in [-0.25, -0.2) is 0 Å². The zero-order valence-electron chi connectivity index (χ0n) is 13.3. The first kappa shape index (κ1) is 14.3. The Morgan fingerprint density at radius 1 is 1.33 bits per heavy atom. The van der Waals surface area contributed by atoms with Gasteiger partial charge in [-0.1, -0.05) is 18.2 Å². The molecule has 0 amide bonds. The van der Waals surface area contributed by atoms with E-state index in [1.54, 1.807) is 0 Å². The van der Waals surface area contributed by atoms with E-state index < -0.39 is 0 Å². The van der Waals surface area contributed by atoms with E-state index in [4.69, 9.17) is 0 Å². The maximum absolute atomic E-state index is 4.66. The molecule has 2 aromatic rings. The van der Waals surface area contributed by atoms with Gasteiger partial charge in [0, 0.05) is 35.9 Å². The van der Waals surface area contributed by atoms with Gasteiger partial charge in [-0.3, -0.25) is 4.98 Å². The van der Waals surface area contributed by atoms with Crippen LogP contribution in [0.4, 0.5) is 5.69 Å². The number of piperidine rings is 1. The Kier molecular flexibility index (Phi) is 4.11. The van der Waals surface area contributed by atoms with E-state index >= 15 is 0 Å². The summed E-state index contributed by atoms with van der Waals surface area (Å²) in [5.74, 6) is 0.719. The fourth-order valence-corrected chi connectivity index (χ4v) is 3.42. The molecule has 1 N–H and O–H groups in total. The van der Waals surface area contributed by atoms with Gasteiger partial charge >= 0.3 is 0 Å². The molecule has 0 saturated carbocycles. The maximum Gasteiger partial charge on any atom is 0.0726 e. The Balaban J connectivity index is 1.96. The number of hydrogen-bond donors (Lipinski definition) is 1. The first-order valence-electron chi connectivity index (χ1n) is 7.97. The van der Waals surface area contributed by atoms with Crippen LogP contribution < -0.4 is 10.2 Å². The van der Waals surface area contributed by atoms with Crippen molar-refractivity contribution in [1.29, 1.82) is 0 Å². The number of anilines is 1. The molecule has 21 heavy (non-hydrogen) atoms. The zero-order chi connectivity index (χ0) is 14.8. The highest BCUT2D eigenvalue weighted by molar-refractivity contribution is 5.92. The van der Waals surface area contributed by atoms with Crippen molar-refractivity contribution in [1.82, 2.24) is 10.3 Å². The zero-order valence-corrected chi connectivity index (χ0v) is 13.3. The van der Waals surface area contributed by atoms with E-state index in [1.807, 2.05) is 0 Å². The minimum atomic E-state index is 0.571. The summed E-state index contributed by atoms with van der Waals surface area (Å²) in [4.78, 5) is 7.22. The van der Waals surface area contributed by atoms with Crippen LogP contribution in [0.25, 0.3) is 10.9 Å². The third kappa shape index (κ3) is 2.88. The number of nitrogens with one attached hydrogen (secondary N) is 1. The molecular weight excluding hydrogens is 258 g/mol. The average Bonchev–Trinajstić information content (AvgIpc) is 2.53. The van der Waals surface area contributed by atoms with Gasteiger partial charge < -0.3 is 10.2 Å². The van der Waals surface area contributed by atoms with Crippen LogP contribution in [0.15, 0.2) is 30.3 Å². The molecule has 2 heterocycles. The molecule has 1 aromatic carbocycles. The summed E-state index contributed by atoms with van der Waals surface area (Å²) < 4.78 is 0. The summed E-state index contributed by atoms with van der Waals surface area (Å²) in [6.07, 6.45) is 2.59. The number of aryl methyl sites for hydroxylation is 1. The summed E-state index contributed by atoms with van der Waals surface area (Å²) in [6, 6.07) is 11.3. The van der Waals surface area contributed by atoms with Gasteiger partial charge in [0.05, 0.1) is 5.52 Å². The summed E-state index contributed by atoms with van der Waals surface area (Å²) in [5.41, 5.74) is 3.56. The summed E-state index contributed by atoms with van der Waals surface area (Å²) >= 11 is 0. The molecule has 1 saturated heterocycles. The number of benzene rings is 1. The Hall–Kier alpha value is -1.61. The lowest BCUT2D eigenvalue weighted by Crippen LogP contribution is -2.43. The van der Waals surface area contributed by atoms with Crippen molar-refractivity contribution in [2.75, 3.05) is 25.0 Å². The molecule has 3 nitrogen and oxygen atoms in total. The lowest BCUT2D eigenvalue weighted by molar-refractivity contribution is 0.333. The largest absolute Gasteiger partial charge is 0.371 e. The molecule has 3 heteroatoms. The number of hydrogen-bond acceptors (Lipinski definition) is 3. The molecule has 0 aliphatic carbocycles. The number of nitrogens with zero attached hydrogens (tertiary/aromatic N) is 2. The van der Waals surface area contributed by atoms with Gasteiger partial charge in [0.15, 0.2) is 0 Å². The molecule has 1 aliphatic heterocycles. The monoisotopic (exact) mass is 283 g/mol. The van der Waals surface area contributed by atoms with E-state index in [9.17, 15) is 0 Å². The molecule has 2 unspecified atom stereocenters. The van der Waals surface area contributed by atoms with E-state index in [1.165, 1.54) is 23.9 Å². The number of fused-ring (bicyclic) bond motifs is 1. The first-order valence-corrected chi connectivity index (χ1v) is 7.97. The quantitative estimate of drug-likeness (QED) is 0.936. The lowest BCUT2D eigenvalue weighted by Gasteiger charge is -2.37. The van der Waals surface area contributed by atoms with Crippen LogP contribution in [0.1, 0.15) is 25.5 Å². The molecule has 0 bridgehead atoms. The van der Waals surface area contributed by atoms with Crippen LogP contribution >= 0.6 is 0 Å². The van der Waals surface area contributed by atoms with Crippen molar-refractivity contribution >= 4 is 16.6 Å². The van der Waals surface area contributed by atoms with Gasteiger partial charge in [-0.05, 0) is 51.8 Å². The highest BCUT2D eigenvalue weighted by Gasteiger charge is 2.25. The number of para-hydroxylation sites is 1. The normalized spacial score (nSPS) is 20.7. The summed E-state index contributed by atoms with van der Waals surface area (Å²) in [5, 5.41) is 4.69. The third-order valence-electron chi connectivity index (χ3n) is 4.78. The molecule has 3 rings (SSSR count). The van der Waals surface area contributed by atoms with Gasteiger partial charge in [-0.15, -0.1) is 0 Å². The van der Waals surface area contributed by atoms with Gasteiger partial charge in [-0.2, -0.15) is 0 Å². The van der Waals surface area contributed by atoms with Crippen molar-refractivity contribution in [2.45, 2.75) is 32.7 Å². The number of rotatable bonds is 3. The van der Waals surface area contributed by atoms with Crippen molar-refractivity contribution in [3.05, 3.63) is 36.0 Å². The molecule has 0 spiro atoms. The molecule has 1 aromatic heterocycles. The number of aromatic nitrogens is 1. The second-order valence-corrected chi connectivity index (χ2v) is 6.23. The van der Waals surface area contributed by atoms with E-state index in [-0.39, 0.29) is 0 Å². The minimum absolute atomic E-state index is 0.571. The SMILES string of the molecule is CNC(C)C1CCCN(c2cc(C)nc3ccccc23)C1. The predicted octanol–water partition coefficient (Wildman–Crippen LogP) is 3.37. The second kappa shape index (κ2) is 6.02. The van der Waals surface area contributed by atoms with Crippen molar-refractivity contribution < 1.29 is 0 Å². The third-order valence-corrected chi connectivity index (χ3v) is 4.78. The van der Waals surface area contributed by atoms with Crippen molar-refractivity contribution in [3.8, 4) is 0 Å². The van der Waals surface area contributed by atoms with Crippen LogP contribution in [0, 0.1) is 12.8 Å².